The van der Waals surface area contributed by atoms with Crippen molar-refractivity contribution >= 4 is 37.3 Å². The summed E-state index contributed by atoms with van der Waals surface area (Å²) in [6.45, 7) is -0.834. The first-order valence-corrected chi connectivity index (χ1v) is 12.5. The third-order valence-corrected chi connectivity index (χ3v) is 9.87. The number of thiophene rings is 1. The zero-order valence-corrected chi connectivity index (χ0v) is 18.1. The lowest BCUT2D eigenvalue weighted by atomic mass is 10.2. The molecule has 0 saturated carbocycles. The minimum absolute atomic E-state index is 0.0979. The maximum absolute atomic E-state index is 12.7. The molecule has 1 N–H and O–H groups in total. The van der Waals surface area contributed by atoms with Gasteiger partial charge >= 0.3 is 6.61 Å². The van der Waals surface area contributed by atoms with E-state index < -0.39 is 32.6 Å². The average Bonchev–Trinajstić information content (AvgIpc) is 3.32. The fraction of sp³-hybridized carbons (Fsp3) is 0.353. The summed E-state index contributed by atoms with van der Waals surface area (Å²) in [6, 6.07) is 5.74. The molecule has 1 amide bonds. The average molecular weight is 481 g/mol. The first-order chi connectivity index (χ1) is 14.0. The highest BCUT2D eigenvalue weighted by Crippen LogP contribution is 2.33. The van der Waals surface area contributed by atoms with Gasteiger partial charge in [0.05, 0.1) is 0 Å². The molecule has 1 aliphatic rings. The quantitative estimate of drug-likeness (QED) is 0.652. The second-order valence-corrected chi connectivity index (χ2v) is 11.6. The van der Waals surface area contributed by atoms with Gasteiger partial charge in [0, 0.05) is 18.7 Å². The van der Waals surface area contributed by atoms with Crippen molar-refractivity contribution in [1.82, 2.24) is 9.03 Å². The van der Waals surface area contributed by atoms with Crippen molar-refractivity contribution in [3.05, 3.63) is 41.5 Å². The van der Waals surface area contributed by atoms with E-state index in [9.17, 15) is 30.4 Å². The second kappa shape index (κ2) is 8.57. The van der Waals surface area contributed by atoms with Crippen molar-refractivity contribution in [1.29, 1.82) is 0 Å². The third kappa shape index (κ3) is 4.79. The molecule has 30 heavy (non-hydrogen) atoms. The molecule has 0 spiro atoms. The summed E-state index contributed by atoms with van der Waals surface area (Å²) in [6.07, 6.45) is 1.48. The van der Waals surface area contributed by atoms with E-state index in [1.54, 1.807) is 0 Å². The minimum Gasteiger partial charge on any atom is -0.435 e. The second-order valence-electron chi connectivity index (χ2n) is 6.48. The van der Waals surface area contributed by atoms with Gasteiger partial charge in [-0.2, -0.15) is 13.1 Å². The number of hydrogen-bond acceptors (Lipinski definition) is 7. The van der Waals surface area contributed by atoms with Gasteiger partial charge < -0.3 is 4.74 Å². The van der Waals surface area contributed by atoms with Gasteiger partial charge in [-0.1, -0.05) is 0 Å². The molecule has 1 fully saturated rings. The summed E-state index contributed by atoms with van der Waals surface area (Å²) in [7, 11) is -8.14. The van der Waals surface area contributed by atoms with Crippen LogP contribution >= 0.6 is 11.3 Å². The predicted octanol–water partition coefficient (Wildman–Crippen LogP) is 2.56. The molecule has 13 heteroatoms. The molecule has 0 atom stereocenters. The Morgan fingerprint density at radius 1 is 1.13 bits per heavy atom. The van der Waals surface area contributed by atoms with E-state index in [0.29, 0.717) is 24.4 Å². The number of benzene rings is 1. The number of hydrogen-bond donors (Lipinski definition) is 1. The minimum atomic E-state index is -4.35. The lowest BCUT2D eigenvalue weighted by Crippen LogP contribution is -2.30. The Balaban J connectivity index is 1.80. The van der Waals surface area contributed by atoms with Crippen molar-refractivity contribution in [3.63, 3.8) is 0 Å². The molecule has 8 nitrogen and oxygen atoms in total. The summed E-state index contributed by atoms with van der Waals surface area (Å²) in [4.78, 5) is 12.3. The molecule has 1 saturated heterocycles. The summed E-state index contributed by atoms with van der Waals surface area (Å²) >= 11 is 0.571. The molecule has 0 radical (unpaired) electrons. The van der Waals surface area contributed by atoms with Gasteiger partial charge in [-0.3, -0.25) is 4.79 Å². The number of amides is 1. The lowest BCUT2D eigenvalue weighted by Gasteiger charge is -2.13. The molecule has 0 unspecified atom stereocenters. The van der Waals surface area contributed by atoms with Crippen LogP contribution in [0.25, 0.3) is 0 Å². The van der Waals surface area contributed by atoms with Crippen molar-refractivity contribution in [3.8, 4) is 5.75 Å². The normalized spacial score (nSPS) is 15.5. The van der Waals surface area contributed by atoms with Gasteiger partial charge in [0.25, 0.3) is 26.0 Å². The highest BCUT2D eigenvalue weighted by atomic mass is 32.3. The van der Waals surface area contributed by atoms with E-state index in [4.69, 9.17) is 0 Å². The number of carbonyl (C=O) groups excluding carboxylic acids is 1. The van der Waals surface area contributed by atoms with Crippen LogP contribution in [0.3, 0.4) is 0 Å². The number of alkyl halides is 2. The standard InChI is InChI=1S/C17H18F2N2O6S3/c1-11-10-14(30(25,26)21-8-2-3-9-21)28-16(11)29(23,24)20-15(22)12-4-6-13(7-5-12)27-17(18)19/h4-7,10,17H,2-3,8-9H2,1H3,(H,20,22). The van der Waals surface area contributed by atoms with Crippen LogP contribution in [0.15, 0.2) is 38.8 Å². The van der Waals surface area contributed by atoms with E-state index in [1.807, 2.05) is 4.72 Å². The van der Waals surface area contributed by atoms with Gasteiger partial charge in [-0.25, -0.2) is 21.6 Å². The molecule has 3 rings (SSSR count). The molecule has 1 aromatic carbocycles. The summed E-state index contributed by atoms with van der Waals surface area (Å²) in [5.41, 5.74) is 0.0954. The zero-order chi connectivity index (χ0) is 22.1. The number of ether oxygens (including phenoxy) is 1. The molecule has 1 aromatic heterocycles. The Kier molecular flexibility index (Phi) is 6.45. The topological polar surface area (TPSA) is 110 Å². The van der Waals surface area contributed by atoms with E-state index in [-0.39, 0.29) is 25.3 Å². The summed E-state index contributed by atoms with van der Waals surface area (Å²) in [5, 5.41) is 0. The predicted molar refractivity (Wildman–Crippen MR) is 105 cm³/mol. The summed E-state index contributed by atoms with van der Waals surface area (Å²) < 4.78 is 82.0. The number of aryl methyl sites for hydroxylation is 1. The zero-order valence-electron chi connectivity index (χ0n) is 15.7. The van der Waals surface area contributed by atoms with Crippen molar-refractivity contribution < 1.29 is 35.1 Å². The Hall–Kier alpha value is -2.09. The van der Waals surface area contributed by atoms with Crippen molar-refractivity contribution in [2.45, 2.75) is 34.8 Å². The molecule has 1 aliphatic heterocycles. The van der Waals surface area contributed by atoms with Gasteiger partial charge in [-0.15, -0.1) is 11.3 Å². The van der Waals surface area contributed by atoms with Crippen LogP contribution in [-0.4, -0.2) is 46.7 Å². The molecule has 0 aliphatic carbocycles. The summed E-state index contributed by atoms with van der Waals surface area (Å²) in [5.74, 6) is -1.18. The van der Waals surface area contributed by atoms with Crippen molar-refractivity contribution in [2.24, 2.45) is 0 Å². The maximum Gasteiger partial charge on any atom is 0.387 e. The largest absolute Gasteiger partial charge is 0.435 e. The van der Waals surface area contributed by atoms with Crippen LogP contribution in [0.1, 0.15) is 28.8 Å². The van der Waals surface area contributed by atoms with E-state index in [2.05, 4.69) is 4.74 Å². The number of nitrogens with zero attached hydrogens (tertiary/aromatic N) is 1. The number of sulfonamides is 2. The van der Waals surface area contributed by atoms with E-state index >= 15 is 0 Å². The van der Waals surface area contributed by atoms with Crippen LogP contribution in [0, 0.1) is 6.92 Å². The number of nitrogens with one attached hydrogen (secondary N) is 1. The number of rotatable bonds is 7. The van der Waals surface area contributed by atoms with Crippen molar-refractivity contribution in [2.75, 3.05) is 13.1 Å². The first-order valence-electron chi connectivity index (χ1n) is 8.73. The molecule has 164 valence electrons. The van der Waals surface area contributed by atoms with Gasteiger partial charge in [0.2, 0.25) is 0 Å². The molecule has 2 heterocycles. The highest BCUT2D eigenvalue weighted by Gasteiger charge is 2.32. The Morgan fingerprint density at radius 2 is 1.73 bits per heavy atom. The number of carbonyl (C=O) groups is 1. The van der Waals surface area contributed by atoms with E-state index in [1.165, 1.54) is 17.3 Å². The van der Waals surface area contributed by atoms with Crippen LogP contribution in [0.2, 0.25) is 0 Å². The smallest absolute Gasteiger partial charge is 0.387 e. The SMILES string of the molecule is Cc1cc(S(=O)(=O)N2CCCC2)sc1S(=O)(=O)NC(=O)c1ccc(OC(F)F)cc1. The lowest BCUT2D eigenvalue weighted by molar-refractivity contribution is -0.0498. The van der Waals surface area contributed by atoms with Gasteiger partial charge in [-0.05, 0) is 55.7 Å². The number of halogens is 2. The monoisotopic (exact) mass is 480 g/mol. The van der Waals surface area contributed by atoms with Gasteiger partial charge in [0.15, 0.2) is 0 Å². The van der Waals surface area contributed by atoms with E-state index in [0.717, 1.165) is 37.1 Å². The Labute approximate surface area is 176 Å². The van der Waals surface area contributed by atoms with Crippen LogP contribution in [-0.2, 0) is 20.0 Å². The molecule has 0 bridgehead atoms. The third-order valence-electron chi connectivity index (χ3n) is 4.32. The fourth-order valence-corrected chi connectivity index (χ4v) is 7.78. The van der Waals surface area contributed by atoms with Crippen LogP contribution < -0.4 is 9.46 Å². The van der Waals surface area contributed by atoms with Crippen LogP contribution in [0.4, 0.5) is 8.78 Å². The molecular formula is C17H18F2N2O6S3. The Bertz CT molecular complexity index is 1140. The Morgan fingerprint density at radius 3 is 2.30 bits per heavy atom. The van der Waals surface area contributed by atoms with Crippen LogP contribution in [0.5, 0.6) is 5.75 Å². The molecular weight excluding hydrogens is 462 g/mol. The maximum atomic E-state index is 12.7. The highest BCUT2D eigenvalue weighted by molar-refractivity contribution is 7.94. The fourth-order valence-electron chi connectivity index (χ4n) is 2.90. The molecule has 2 aromatic rings. The first kappa shape index (κ1) is 22.6. The van der Waals surface area contributed by atoms with Gasteiger partial charge in [0.1, 0.15) is 14.2 Å².